The third kappa shape index (κ3) is 1.66. The second-order valence-corrected chi connectivity index (χ2v) is 4.86. The minimum absolute atomic E-state index is 0.108. The molecule has 0 atom stereocenters. The van der Waals surface area contributed by atoms with Crippen molar-refractivity contribution < 1.29 is 0 Å². The average molecular weight is 220 g/mol. The van der Waals surface area contributed by atoms with Gasteiger partial charge in [-0.1, -0.05) is 26.0 Å². The zero-order valence-electron chi connectivity index (χ0n) is 9.97. The number of anilines is 1. The maximum absolute atomic E-state index is 5.85. The summed E-state index contributed by atoms with van der Waals surface area (Å²) in [5.41, 5.74) is 7.52. The van der Waals surface area contributed by atoms with Crippen molar-refractivity contribution in [3.63, 3.8) is 0 Å². The van der Waals surface area contributed by atoms with Crippen LogP contribution in [-0.2, 0) is 12.5 Å². The van der Waals surface area contributed by atoms with Gasteiger partial charge < -0.3 is 5.73 Å². The summed E-state index contributed by atoms with van der Waals surface area (Å²) in [6.07, 6.45) is 3.62. The minimum Gasteiger partial charge on any atom is -0.381 e. The molecule has 0 aliphatic heterocycles. The molecule has 6 heteroatoms. The van der Waals surface area contributed by atoms with E-state index in [2.05, 4.69) is 36.2 Å². The molecule has 16 heavy (non-hydrogen) atoms. The summed E-state index contributed by atoms with van der Waals surface area (Å²) >= 11 is 0. The van der Waals surface area contributed by atoms with Crippen LogP contribution in [0.15, 0.2) is 12.4 Å². The molecule has 86 valence electrons. The van der Waals surface area contributed by atoms with Crippen molar-refractivity contribution in [3.8, 4) is 5.69 Å². The predicted molar refractivity (Wildman–Crippen MR) is 61.2 cm³/mol. The van der Waals surface area contributed by atoms with E-state index >= 15 is 0 Å². The highest BCUT2D eigenvalue weighted by Crippen LogP contribution is 2.27. The van der Waals surface area contributed by atoms with E-state index in [4.69, 9.17) is 5.73 Å². The number of rotatable bonds is 1. The summed E-state index contributed by atoms with van der Waals surface area (Å²) in [6.45, 7) is 6.23. The van der Waals surface area contributed by atoms with Gasteiger partial charge in [-0.3, -0.25) is 4.68 Å². The highest BCUT2D eigenvalue weighted by molar-refractivity contribution is 5.42. The van der Waals surface area contributed by atoms with E-state index in [-0.39, 0.29) is 5.41 Å². The molecule has 2 rings (SSSR count). The van der Waals surface area contributed by atoms with Crippen molar-refractivity contribution >= 4 is 5.82 Å². The quantitative estimate of drug-likeness (QED) is 0.774. The Kier molecular flexibility index (Phi) is 2.22. The van der Waals surface area contributed by atoms with Crippen LogP contribution in [0.2, 0.25) is 0 Å². The first-order valence-electron chi connectivity index (χ1n) is 5.10. The number of hydrogen-bond donors (Lipinski definition) is 1. The van der Waals surface area contributed by atoms with Gasteiger partial charge in [0.1, 0.15) is 5.69 Å². The van der Waals surface area contributed by atoms with Crippen LogP contribution in [0.5, 0.6) is 0 Å². The summed E-state index contributed by atoms with van der Waals surface area (Å²) in [7, 11) is 1.86. The highest BCUT2D eigenvalue weighted by Gasteiger charge is 2.25. The van der Waals surface area contributed by atoms with Crippen LogP contribution < -0.4 is 5.73 Å². The Balaban J connectivity index is 2.58. The number of nitrogens with zero attached hydrogens (tertiary/aromatic N) is 5. The monoisotopic (exact) mass is 220 g/mol. The van der Waals surface area contributed by atoms with Gasteiger partial charge in [0.05, 0.1) is 18.1 Å². The van der Waals surface area contributed by atoms with Crippen LogP contribution in [0.4, 0.5) is 5.82 Å². The Morgan fingerprint density at radius 3 is 2.50 bits per heavy atom. The molecule has 2 heterocycles. The van der Waals surface area contributed by atoms with E-state index in [0.717, 1.165) is 11.4 Å². The van der Waals surface area contributed by atoms with Crippen molar-refractivity contribution in [3.05, 3.63) is 18.1 Å². The van der Waals surface area contributed by atoms with Gasteiger partial charge in [0.25, 0.3) is 0 Å². The predicted octanol–water partition coefficient (Wildman–Crippen LogP) is 0.880. The first-order valence-corrected chi connectivity index (χ1v) is 5.10. The fourth-order valence-electron chi connectivity index (χ4n) is 1.69. The summed E-state index contributed by atoms with van der Waals surface area (Å²) in [5, 5.41) is 12.1. The molecule has 0 amide bonds. The fraction of sp³-hybridized carbons (Fsp3) is 0.500. The standard InChI is InChI=1S/C10H16N6/c1-10(2,3)8-9(11)13-14-16(8)7-5-12-15(4)6-7/h5-6H,11H2,1-4H3. The Morgan fingerprint density at radius 2 is 2.00 bits per heavy atom. The lowest BCUT2D eigenvalue weighted by Crippen LogP contribution is -2.19. The molecule has 0 bridgehead atoms. The van der Waals surface area contributed by atoms with Crippen LogP contribution in [-0.4, -0.2) is 24.8 Å². The van der Waals surface area contributed by atoms with Crippen LogP contribution in [0.3, 0.4) is 0 Å². The molecule has 0 saturated heterocycles. The molecule has 0 radical (unpaired) electrons. The van der Waals surface area contributed by atoms with Gasteiger partial charge in [-0.2, -0.15) is 5.10 Å². The molecule has 0 aromatic carbocycles. The Morgan fingerprint density at radius 1 is 1.31 bits per heavy atom. The van der Waals surface area contributed by atoms with E-state index in [1.165, 1.54) is 0 Å². The van der Waals surface area contributed by atoms with E-state index in [0.29, 0.717) is 5.82 Å². The molecule has 0 fully saturated rings. The van der Waals surface area contributed by atoms with Gasteiger partial charge in [0, 0.05) is 12.5 Å². The Hall–Kier alpha value is -1.85. The fourth-order valence-corrected chi connectivity index (χ4v) is 1.69. The van der Waals surface area contributed by atoms with Gasteiger partial charge in [-0.15, -0.1) is 5.10 Å². The number of aryl methyl sites for hydroxylation is 1. The first-order chi connectivity index (χ1) is 7.39. The molecule has 2 aromatic heterocycles. The molecule has 6 nitrogen and oxygen atoms in total. The van der Waals surface area contributed by atoms with E-state index in [1.54, 1.807) is 15.6 Å². The topological polar surface area (TPSA) is 74.5 Å². The second-order valence-electron chi connectivity index (χ2n) is 4.86. The maximum Gasteiger partial charge on any atom is 0.170 e. The summed E-state index contributed by atoms with van der Waals surface area (Å²) in [6, 6.07) is 0. The highest BCUT2D eigenvalue weighted by atomic mass is 15.5. The van der Waals surface area contributed by atoms with Gasteiger partial charge in [0.2, 0.25) is 0 Å². The molecule has 0 saturated carbocycles. The zero-order chi connectivity index (χ0) is 11.9. The Labute approximate surface area is 94.1 Å². The van der Waals surface area contributed by atoms with Crippen molar-refractivity contribution in [2.45, 2.75) is 26.2 Å². The molecular weight excluding hydrogens is 204 g/mol. The van der Waals surface area contributed by atoms with Crippen LogP contribution >= 0.6 is 0 Å². The zero-order valence-corrected chi connectivity index (χ0v) is 9.97. The number of nitrogen functional groups attached to an aromatic ring is 1. The molecule has 0 unspecified atom stereocenters. The van der Waals surface area contributed by atoms with Crippen molar-refractivity contribution in [1.82, 2.24) is 24.8 Å². The van der Waals surface area contributed by atoms with Crippen molar-refractivity contribution in [2.24, 2.45) is 7.05 Å². The number of hydrogen-bond acceptors (Lipinski definition) is 4. The lowest BCUT2D eigenvalue weighted by molar-refractivity contribution is 0.544. The lowest BCUT2D eigenvalue weighted by atomic mass is 9.92. The summed E-state index contributed by atoms with van der Waals surface area (Å²) in [5.74, 6) is 0.469. The van der Waals surface area contributed by atoms with E-state index in [9.17, 15) is 0 Å². The maximum atomic E-state index is 5.85. The van der Waals surface area contributed by atoms with Gasteiger partial charge in [-0.25, -0.2) is 4.68 Å². The normalized spacial score (nSPS) is 12.0. The van der Waals surface area contributed by atoms with Crippen LogP contribution in [0.25, 0.3) is 5.69 Å². The van der Waals surface area contributed by atoms with Crippen molar-refractivity contribution in [2.75, 3.05) is 5.73 Å². The van der Waals surface area contributed by atoms with Gasteiger partial charge >= 0.3 is 0 Å². The molecule has 0 spiro atoms. The first kappa shape index (κ1) is 10.7. The molecule has 2 aromatic rings. The molecule has 0 aliphatic rings. The summed E-state index contributed by atoms with van der Waals surface area (Å²) in [4.78, 5) is 0. The van der Waals surface area contributed by atoms with Crippen molar-refractivity contribution in [1.29, 1.82) is 0 Å². The minimum atomic E-state index is -0.108. The number of nitrogens with two attached hydrogens (primary N) is 1. The van der Waals surface area contributed by atoms with Gasteiger partial charge in [0.15, 0.2) is 5.82 Å². The van der Waals surface area contributed by atoms with E-state index < -0.39 is 0 Å². The molecular formula is C10H16N6. The van der Waals surface area contributed by atoms with E-state index in [1.807, 2.05) is 13.2 Å². The molecule has 2 N–H and O–H groups in total. The third-order valence-corrected chi connectivity index (χ3v) is 2.34. The smallest absolute Gasteiger partial charge is 0.170 e. The Bertz CT molecular complexity index is 502. The van der Waals surface area contributed by atoms with Crippen LogP contribution in [0, 0.1) is 0 Å². The summed E-state index contributed by atoms with van der Waals surface area (Å²) < 4.78 is 3.46. The largest absolute Gasteiger partial charge is 0.381 e. The molecule has 0 aliphatic carbocycles. The number of aromatic nitrogens is 5. The lowest BCUT2D eigenvalue weighted by Gasteiger charge is -2.19. The SMILES string of the molecule is Cn1cc(-n2nnc(N)c2C(C)(C)C)cn1. The third-order valence-electron chi connectivity index (χ3n) is 2.34. The van der Waals surface area contributed by atoms with Crippen LogP contribution in [0.1, 0.15) is 26.5 Å². The second kappa shape index (κ2) is 3.33. The van der Waals surface area contributed by atoms with Gasteiger partial charge in [-0.05, 0) is 0 Å². The average Bonchev–Trinajstić information content (AvgIpc) is 2.70.